The van der Waals surface area contributed by atoms with E-state index in [1.165, 1.54) is 0 Å². The number of aromatic nitrogens is 1. The van der Waals surface area contributed by atoms with Gasteiger partial charge >= 0.3 is 0 Å². The highest BCUT2D eigenvalue weighted by Crippen LogP contribution is 2.29. The van der Waals surface area contributed by atoms with Gasteiger partial charge in [-0.1, -0.05) is 44.2 Å². The Hall–Kier alpha value is -2.86. The predicted molar refractivity (Wildman–Crippen MR) is 111 cm³/mol. The van der Waals surface area contributed by atoms with Gasteiger partial charge in [0.1, 0.15) is 6.61 Å². The van der Waals surface area contributed by atoms with Crippen molar-refractivity contribution in [3.63, 3.8) is 0 Å². The molecule has 0 aliphatic heterocycles. The van der Waals surface area contributed by atoms with Crippen LogP contribution in [0.25, 0.3) is 0 Å². The summed E-state index contributed by atoms with van der Waals surface area (Å²) in [6, 6.07) is 15.1. The number of rotatable bonds is 8. The summed E-state index contributed by atoms with van der Waals surface area (Å²) >= 11 is 1.62. The van der Waals surface area contributed by atoms with E-state index in [9.17, 15) is 4.79 Å². The van der Waals surface area contributed by atoms with Crippen LogP contribution in [0.2, 0.25) is 0 Å². The number of carbonyl (C=O) groups excluding carboxylic acids is 1. The molecule has 0 aliphatic carbocycles. The van der Waals surface area contributed by atoms with Gasteiger partial charge in [-0.3, -0.25) is 4.79 Å². The second kappa shape index (κ2) is 9.37. The minimum Gasteiger partial charge on any atom is -0.493 e. The van der Waals surface area contributed by atoms with E-state index < -0.39 is 0 Å². The van der Waals surface area contributed by atoms with Crippen molar-refractivity contribution in [2.24, 2.45) is 0 Å². The molecular weight excluding hydrogens is 372 g/mol. The smallest absolute Gasteiger partial charge is 0.251 e. The minimum atomic E-state index is -0.174. The van der Waals surface area contributed by atoms with E-state index in [1.54, 1.807) is 36.6 Å². The first-order valence-corrected chi connectivity index (χ1v) is 10.0. The zero-order chi connectivity index (χ0) is 19.9. The fourth-order valence-electron chi connectivity index (χ4n) is 2.61. The standard InChI is InChI=1S/C22H24N2O3S/c1-15(2)22-24-18(14-28-22)12-23-21(25)17-9-10-19(20(11-17)26-3)27-13-16-7-5-4-6-8-16/h4-11,14-15H,12-13H2,1-3H3,(H,23,25). The van der Waals surface area contributed by atoms with Gasteiger partial charge in [0.25, 0.3) is 5.91 Å². The molecular formula is C22H24N2O3S. The van der Waals surface area contributed by atoms with E-state index in [4.69, 9.17) is 9.47 Å². The number of nitrogens with zero attached hydrogens (tertiary/aromatic N) is 1. The molecule has 1 heterocycles. The van der Waals surface area contributed by atoms with E-state index >= 15 is 0 Å². The molecule has 0 bridgehead atoms. The quantitative estimate of drug-likeness (QED) is 0.595. The molecule has 0 aliphatic rings. The third kappa shape index (κ3) is 5.10. The van der Waals surface area contributed by atoms with Crippen molar-refractivity contribution < 1.29 is 14.3 Å². The average molecular weight is 397 g/mol. The number of hydrogen-bond donors (Lipinski definition) is 1. The van der Waals surface area contributed by atoms with Crippen LogP contribution in [-0.2, 0) is 13.2 Å². The summed E-state index contributed by atoms with van der Waals surface area (Å²) in [7, 11) is 1.56. The Labute approximate surface area is 169 Å². The number of hydrogen-bond acceptors (Lipinski definition) is 5. The van der Waals surface area contributed by atoms with Crippen molar-refractivity contribution in [2.45, 2.75) is 32.9 Å². The van der Waals surface area contributed by atoms with Crippen molar-refractivity contribution in [1.82, 2.24) is 10.3 Å². The number of benzene rings is 2. The van der Waals surface area contributed by atoms with Gasteiger partial charge in [-0.15, -0.1) is 11.3 Å². The van der Waals surface area contributed by atoms with Crippen LogP contribution in [0, 0.1) is 0 Å². The number of thiazole rings is 1. The highest BCUT2D eigenvalue weighted by atomic mass is 32.1. The van der Waals surface area contributed by atoms with E-state index in [2.05, 4.69) is 24.1 Å². The van der Waals surface area contributed by atoms with E-state index in [0.29, 0.717) is 36.1 Å². The monoisotopic (exact) mass is 396 g/mol. The van der Waals surface area contributed by atoms with Crippen LogP contribution in [0.3, 0.4) is 0 Å². The van der Waals surface area contributed by atoms with Crippen molar-refractivity contribution in [3.05, 3.63) is 75.7 Å². The lowest BCUT2D eigenvalue weighted by Gasteiger charge is -2.12. The number of nitrogens with one attached hydrogen (secondary N) is 1. The van der Waals surface area contributed by atoms with Crippen LogP contribution in [0.15, 0.2) is 53.9 Å². The van der Waals surface area contributed by atoms with Crippen molar-refractivity contribution >= 4 is 17.2 Å². The summed E-state index contributed by atoms with van der Waals surface area (Å²) in [5, 5.41) is 5.96. The van der Waals surface area contributed by atoms with Crippen molar-refractivity contribution in [1.29, 1.82) is 0 Å². The zero-order valence-electron chi connectivity index (χ0n) is 16.3. The first kappa shape index (κ1) is 19.9. The maximum atomic E-state index is 12.5. The Balaban J connectivity index is 1.62. The molecule has 0 fully saturated rings. The number of methoxy groups -OCH3 is 1. The fraction of sp³-hybridized carbons (Fsp3) is 0.273. The van der Waals surface area contributed by atoms with E-state index in [1.807, 2.05) is 35.7 Å². The fourth-order valence-corrected chi connectivity index (χ4v) is 3.44. The van der Waals surface area contributed by atoms with Gasteiger partial charge in [0.2, 0.25) is 0 Å². The molecule has 0 radical (unpaired) electrons. The highest BCUT2D eigenvalue weighted by molar-refractivity contribution is 7.09. The van der Waals surface area contributed by atoms with Gasteiger partial charge in [-0.05, 0) is 23.8 Å². The van der Waals surface area contributed by atoms with Crippen LogP contribution in [0.4, 0.5) is 0 Å². The maximum absolute atomic E-state index is 12.5. The lowest BCUT2D eigenvalue weighted by atomic mass is 10.2. The molecule has 0 saturated carbocycles. The summed E-state index contributed by atoms with van der Waals surface area (Å²) < 4.78 is 11.2. The number of carbonyl (C=O) groups is 1. The molecule has 146 valence electrons. The van der Waals surface area contributed by atoms with Gasteiger partial charge in [-0.2, -0.15) is 0 Å². The molecule has 0 atom stereocenters. The summed E-state index contributed by atoms with van der Waals surface area (Å²) in [6.45, 7) is 5.05. The SMILES string of the molecule is COc1cc(C(=O)NCc2csc(C(C)C)n2)ccc1OCc1ccccc1. The normalized spacial score (nSPS) is 10.7. The third-order valence-corrected chi connectivity index (χ3v) is 5.35. The Morgan fingerprint density at radius 1 is 1.14 bits per heavy atom. The van der Waals surface area contributed by atoms with E-state index in [0.717, 1.165) is 16.3 Å². The molecule has 0 saturated heterocycles. The lowest BCUT2D eigenvalue weighted by Crippen LogP contribution is -2.23. The highest BCUT2D eigenvalue weighted by Gasteiger charge is 2.12. The zero-order valence-corrected chi connectivity index (χ0v) is 17.1. The van der Waals surface area contributed by atoms with Gasteiger partial charge < -0.3 is 14.8 Å². The molecule has 1 aromatic heterocycles. The Morgan fingerprint density at radius 3 is 2.61 bits per heavy atom. The topological polar surface area (TPSA) is 60.5 Å². The van der Waals surface area contributed by atoms with Crippen LogP contribution >= 0.6 is 11.3 Å². The summed E-state index contributed by atoms with van der Waals surface area (Å²) in [4.78, 5) is 17.0. The lowest BCUT2D eigenvalue weighted by molar-refractivity contribution is 0.0950. The second-order valence-corrected chi connectivity index (χ2v) is 7.54. The largest absolute Gasteiger partial charge is 0.493 e. The third-order valence-electron chi connectivity index (χ3n) is 4.16. The minimum absolute atomic E-state index is 0.174. The molecule has 1 amide bonds. The van der Waals surface area contributed by atoms with Gasteiger partial charge in [0.05, 0.1) is 24.4 Å². The number of amides is 1. The second-order valence-electron chi connectivity index (χ2n) is 6.65. The molecule has 1 N–H and O–H groups in total. The van der Waals surface area contributed by atoms with Gasteiger partial charge in [0, 0.05) is 16.9 Å². The van der Waals surface area contributed by atoms with Crippen LogP contribution in [-0.4, -0.2) is 18.0 Å². The Morgan fingerprint density at radius 2 is 1.93 bits per heavy atom. The van der Waals surface area contributed by atoms with Gasteiger partial charge in [0.15, 0.2) is 11.5 Å². The number of ether oxygens (including phenoxy) is 2. The molecule has 6 heteroatoms. The molecule has 0 spiro atoms. The predicted octanol–water partition coefficient (Wildman–Crippen LogP) is 4.78. The summed E-state index contributed by atoms with van der Waals surface area (Å²) in [6.07, 6.45) is 0. The molecule has 3 rings (SSSR count). The molecule has 2 aromatic carbocycles. The van der Waals surface area contributed by atoms with Gasteiger partial charge in [-0.25, -0.2) is 4.98 Å². The molecule has 3 aromatic rings. The Bertz CT molecular complexity index is 923. The van der Waals surface area contributed by atoms with Crippen LogP contribution in [0.1, 0.15) is 46.4 Å². The Kier molecular flexibility index (Phi) is 6.66. The van der Waals surface area contributed by atoms with Crippen molar-refractivity contribution in [3.8, 4) is 11.5 Å². The van der Waals surface area contributed by atoms with Crippen LogP contribution in [0.5, 0.6) is 11.5 Å². The molecule has 28 heavy (non-hydrogen) atoms. The maximum Gasteiger partial charge on any atom is 0.251 e. The van der Waals surface area contributed by atoms with E-state index in [-0.39, 0.29) is 5.91 Å². The first-order chi connectivity index (χ1) is 13.6. The van der Waals surface area contributed by atoms with Crippen LogP contribution < -0.4 is 14.8 Å². The summed E-state index contributed by atoms with van der Waals surface area (Å²) in [5.74, 6) is 1.34. The molecule has 0 unspecified atom stereocenters. The average Bonchev–Trinajstić information content (AvgIpc) is 3.20. The van der Waals surface area contributed by atoms with Crippen molar-refractivity contribution in [2.75, 3.05) is 7.11 Å². The molecule has 5 nitrogen and oxygen atoms in total. The first-order valence-electron chi connectivity index (χ1n) is 9.14. The summed E-state index contributed by atoms with van der Waals surface area (Å²) in [5.41, 5.74) is 2.45.